The van der Waals surface area contributed by atoms with Crippen LogP contribution in [0.25, 0.3) is 11.4 Å². The van der Waals surface area contributed by atoms with Crippen molar-refractivity contribution in [1.82, 2.24) is 30.1 Å². The molecule has 0 unspecified atom stereocenters. The fraction of sp³-hybridized carbons (Fsp3) is 0.105. The molecule has 8 nitrogen and oxygen atoms in total. The van der Waals surface area contributed by atoms with Gasteiger partial charge in [0.25, 0.3) is 0 Å². The third-order valence-corrected chi connectivity index (χ3v) is 4.86. The lowest BCUT2D eigenvalue weighted by molar-refractivity contribution is 0.630. The average Bonchev–Trinajstić information content (AvgIpc) is 3.17. The lowest BCUT2D eigenvalue weighted by atomic mass is 10.2. The molecule has 0 atom stereocenters. The molecule has 0 radical (unpaired) electrons. The van der Waals surface area contributed by atoms with Gasteiger partial charge in [0.1, 0.15) is 11.6 Å². The standard InChI is InChI=1S/C19H17FN8S/c1-11-6-2-5-9-14(11)22-18-24-15(23-17(21)26-18)10-29-19-25-16(27-28-19)12-7-3-4-8-13(12)20/h2-9H,10H2,1H3,(H,25,27,28)(H3,21,22,23,24,26). The van der Waals surface area contributed by atoms with E-state index in [1.54, 1.807) is 18.2 Å². The van der Waals surface area contributed by atoms with Crippen LogP contribution in [0.1, 0.15) is 11.4 Å². The molecule has 2 aromatic carbocycles. The second-order valence-electron chi connectivity index (χ2n) is 6.11. The normalized spacial score (nSPS) is 10.8. The Hall–Kier alpha value is -3.53. The molecule has 4 aromatic rings. The maximum Gasteiger partial charge on any atom is 0.232 e. The summed E-state index contributed by atoms with van der Waals surface area (Å²) in [6.07, 6.45) is 0. The van der Waals surface area contributed by atoms with E-state index in [-0.39, 0.29) is 11.8 Å². The number of thioether (sulfide) groups is 1. The summed E-state index contributed by atoms with van der Waals surface area (Å²) in [6.45, 7) is 1.99. The first-order valence-electron chi connectivity index (χ1n) is 8.71. The van der Waals surface area contributed by atoms with Crippen LogP contribution >= 0.6 is 11.8 Å². The maximum atomic E-state index is 13.9. The summed E-state index contributed by atoms with van der Waals surface area (Å²) in [7, 11) is 0. The number of benzene rings is 2. The molecule has 0 spiro atoms. The Balaban J connectivity index is 1.47. The molecule has 146 valence electrons. The summed E-state index contributed by atoms with van der Waals surface area (Å²) in [5.41, 5.74) is 8.14. The van der Waals surface area contributed by atoms with Crippen LogP contribution in [0.4, 0.5) is 22.0 Å². The Bertz CT molecular complexity index is 1150. The van der Waals surface area contributed by atoms with Gasteiger partial charge in [-0.3, -0.25) is 5.10 Å². The first kappa shape index (κ1) is 18.8. The van der Waals surface area contributed by atoms with Crippen LogP contribution in [0.2, 0.25) is 0 Å². The van der Waals surface area contributed by atoms with Gasteiger partial charge in [0.05, 0.1) is 11.3 Å². The highest BCUT2D eigenvalue weighted by Crippen LogP contribution is 2.24. The van der Waals surface area contributed by atoms with Gasteiger partial charge < -0.3 is 11.1 Å². The number of aromatic nitrogens is 6. The zero-order chi connectivity index (χ0) is 20.2. The van der Waals surface area contributed by atoms with Gasteiger partial charge in [-0.15, -0.1) is 5.10 Å². The molecule has 0 saturated carbocycles. The van der Waals surface area contributed by atoms with E-state index >= 15 is 0 Å². The molecule has 2 heterocycles. The summed E-state index contributed by atoms with van der Waals surface area (Å²) < 4.78 is 13.9. The third kappa shape index (κ3) is 4.49. The fourth-order valence-corrected chi connectivity index (χ4v) is 3.26. The topological polar surface area (TPSA) is 118 Å². The van der Waals surface area contributed by atoms with E-state index in [0.29, 0.717) is 34.1 Å². The third-order valence-electron chi connectivity index (χ3n) is 4.01. The van der Waals surface area contributed by atoms with Crippen molar-refractivity contribution in [2.75, 3.05) is 11.1 Å². The van der Waals surface area contributed by atoms with E-state index in [1.165, 1.54) is 17.8 Å². The highest BCUT2D eigenvalue weighted by Gasteiger charge is 2.12. The predicted molar refractivity (Wildman–Crippen MR) is 110 cm³/mol. The summed E-state index contributed by atoms with van der Waals surface area (Å²) >= 11 is 1.31. The van der Waals surface area contributed by atoms with E-state index < -0.39 is 0 Å². The van der Waals surface area contributed by atoms with Gasteiger partial charge in [-0.05, 0) is 30.7 Å². The molecule has 0 saturated heterocycles. The zero-order valence-corrected chi connectivity index (χ0v) is 16.2. The SMILES string of the molecule is Cc1ccccc1Nc1nc(N)nc(CSc2n[nH]c(-c3ccccc3F)n2)n1. The van der Waals surface area contributed by atoms with Crippen LogP contribution < -0.4 is 11.1 Å². The number of nitrogen functional groups attached to an aromatic ring is 1. The number of nitrogens with zero attached hydrogens (tertiary/aromatic N) is 5. The maximum absolute atomic E-state index is 13.9. The van der Waals surface area contributed by atoms with Crippen LogP contribution in [0.5, 0.6) is 0 Å². The van der Waals surface area contributed by atoms with Crippen LogP contribution in [-0.2, 0) is 5.75 Å². The highest BCUT2D eigenvalue weighted by molar-refractivity contribution is 7.98. The van der Waals surface area contributed by atoms with Crippen molar-refractivity contribution in [2.24, 2.45) is 0 Å². The first-order valence-corrected chi connectivity index (χ1v) is 9.70. The molecule has 29 heavy (non-hydrogen) atoms. The average molecular weight is 408 g/mol. The number of aromatic amines is 1. The van der Waals surface area contributed by atoms with Crippen LogP contribution in [0, 0.1) is 12.7 Å². The van der Waals surface area contributed by atoms with Crippen molar-refractivity contribution >= 4 is 29.3 Å². The Kier molecular flexibility index (Phi) is 5.34. The lowest BCUT2D eigenvalue weighted by Crippen LogP contribution is -2.07. The number of hydrogen-bond acceptors (Lipinski definition) is 8. The summed E-state index contributed by atoms with van der Waals surface area (Å²) in [4.78, 5) is 17.0. The lowest BCUT2D eigenvalue weighted by Gasteiger charge is -2.09. The second-order valence-corrected chi connectivity index (χ2v) is 7.05. The fourth-order valence-electron chi connectivity index (χ4n) is 2.61. The summed E-state index contributed by atoms with van der Waals surface area (Å²) in [5.74, 6) is 1.35. The number of aryl methyl sites for hydroxylation is 1. The predicted octanol–water partition coefficient (Wildman–Crippen LogP) is 3.72. The smallest absolute Gasteiger partial charge is 0.232 e. The molecular formula is C19H17FN8S. The molecule has 0 fully saturated rings. The van der Waals surface area contributed by atoms with Gasteiger partial charge in [0, 0.05) is 5.69 Å². The number of nitrogens with two attached hydrogens (primary N) is 1. The molecule has 0 amide bonds. The summed E-state index contributed by atoms with van der Waals surface area (Å²) in [6, 6.07) is 14.2. The minimum Gasteiger partial charge on any atom is -0.368 e. The van der Waals surface area contributed by atoms with E-state index in [9.17, 15) is 4.39 Å². The molecule has 10 heteroatoms. The van der Waals surface area contributed by atoms with Crippen LogP contribution in [-0.4, -0.2) is 30.1 Å². The first-order chi connectivity index (χ1) is 14.1. The van der Waals surface area contributed by atoms with Gasteiger partial charge in [0.2, 0.25) is 17.1 Å². The van der Waals surface area contributed by atoms with E-state index in [0.717, 1.165) is 11.3 Å². The van der Waals surface area contributed by atoms with Crippen molar-refractivity contribution in [2.45, 2.75) is 17.8 Å². The number of anilines is 3. The molecule has 0 aliphatic heterocycles. The Morgan fingerprint density at radius 1 is 1.03 bits per heavy atom. The van der Waals surface area contributed by atoms with Crippen molar-refractivity contribution in [3.05, 3.63) is 65.7 Å². The highest BCUT2D eigenvalue weighted by atomic mass is 32.2. The molecule has 4 rings (SSSR count). The van der Waals surface area contributed by atoms with Gasteiger partial charge in [0.15, 0.2) is 5.82 Å². The van der Waals surface area contributed by atoms with Crippen molar-refractivity contribution in [1.29, 1.82) is 0 Å². The van der Waals surface area contributed by atoms with E-state index in [2.05, 4.69) is 35.5 Å². The number of nitrogens with one attached hydrogen (secondary N) is 2. The molecule has 0 aliphatic rings. The Labute approximate surface area is 170 Å². The van der Waals surface area contributed by atoms with Gasteiger partial charge in [-0.25, -0.2) is 9.37 Å². The monoisotopic (exact) mass is 408 g/mol. The van der Waals surface area contributed by atoms with Crippen molar-refractivity contribution in [3.8, 4) is 11.4 Å². The van der Waals surface area contributed by atoms with Crippen molar-refractivity contribution in [3.63, 3.8) is 0 Å². The quantitative estimate of drug-likeness (QED) is 0.413. The van der Waals surface area contributed by atoms with Gasteiger partial charge in [-0.2, -0.15) is 15.0 Å². The largest absolute Gasteiger partial charge is 0.368 e. The van der Waals surface area contributed by atoms with Crippen LogP contribution in [0.15, 0.2) is 53.7 Å². The molecule has 0 aliphatic carbocycles. The molecular weight excluding hydrogens is 391 g/mol. The number of H-pyrrole nitrogens is 1. The Morgan fingerprint density at radius 2 is 1.83 bits per heavy atom. The van der Waals surface area contributed by atoms with E-state index in [4.69, 9.17) is 5.73 Å². The second kappa shape index (κ2) is 8.23. The molecule has 0 bridgehead atoms. The van der Waals surface area contributed by atoms with Crippen LogP contribution in [0.3, 0.4) is 0 Å². The van der Waals surface area contributed by atoms with Crippen molar-refractivity contribution < 1.29 is 4.39 Å². The minimum absolute atomic E-state index is 0.119. The number of hydrogen-bond donors (Lipinski definition) is 3. The number of halogens is 1. The number of para-hydroxylation sites is 1. The summed E-state index contributed by atoms with van der Waals surface area (Å²) in [5, 5.41) is 10.5. The minimum atomic E-state index is -0.364. The molecule has 2 aromatic heterocycles. The zero-order valence-electron chi connectivity index (χ0n) is 15.4. The molecule has 4 N–H and O–H groups in total. The van der Waals surface area contributed by atoms with E-state index in [1.807, 2.05) is 31.2 Å². The van der Waals surface area contributed by atoms with Gasteiger partial charge in [-0.1, -0.05) is 42.1 Å². The van der Waals surface area contributed by atoms with Gasteiger partial charge >= 0.3 is 0 Å². The Morgan fingerprint density at radius 3 is 2.66 bits per heavy atom. The number of rotatable bonds is 6.